The highest BCUT2D eigenvalue weighted by atomic mass is 32.2. The highest BCUT2D eigenvalue weighted by molar-refractivity contribution is 8.00. The Morgan fingerprint density at radius 1 is 1.00 bits per heavy atom. The largest absolute Gasteiger partial charge is 0.476 e. The van der Waals surface area contributed by atoms with Gasteiger partial charge in [0.15, 0.2) is 5.60 Å². The van der Waals surface area contributed by atoms with Crippen molar-refractivity contribution >= 4 is 29.1 Å². The molecule has 35 heavy (non-hydrogen) atoms. The lowest BCUT2D eigenvalue weighted by molar-refractivity contribution is -0.158. The minimum Gasteiger partial charge on any atom is -0.476 e. The van der Waals surface area contributed by atoms with Gasteiger partial charge in [-0.05, 0) is 77.9 Å². The first kappa shape index (κ1) is 27.1. The van der Waals surface area contributed by atoms with Gasteiger partial charge in [0, 0.05) is 15.3 Å². The highest BCUT2D eigenvalue weighted by Crippen LogP contribution is 2.46. The maximum Gasteiger partial charge on any atom is 0.416 e. The number of alkyl halides is 3. The van der Waals surface area contributed by atoms with E-state index in [9.17, 15) is 18.0 Å². The molecular formula is C26H28F3NO3S2. The molecule has 0 N–H and O–H groups in total. The van der Waals surface area contributed by atoms with Gasteiger partial charge in [-0.25, -0.2) is 9.78 Å². The molecule has 0 aliphatic rings. The minimum absolute atomic E-state index is 0.286. The van der Waals surface area contributed by atoms with Gasteiger partial charge in [0.05, 0.1) is 22.6 Å². The summed E-state index contributed by atoms with van der Waals surface area (Å²) >= 11 is 3.12. The standard InChI is InChI=1S/C26H28F3NO3S2/c1-7-32-23(31)24(3,4)33-19-12-14-20(15-13-19)35-25(5,6)21-16(2)30-22(34-21)17-8-10-18(11-9-17)26(27,28)29/h8-15H,7H2,1-6H3. The lowest BCUT2D eigenvalue weighted by atomic mass is 10.1. The quantitative estimate of drug-likeness (QED) is 0.222. The lowest BCUT2D eigenvalue weighted by Gasteiger charge is -2.25. The molecule has 0 radical (unpaired) electrons. The summed E-state index contributed by atoms with van der Waals surface area (Å²) in [5, 5.41) is 0.685. The van der Waals surface area contributed by atoms with Crippen molar-refractivity contribution < 1.29 is 27.4 Å². The third-order valence-corrected chi connectivity index (χ3v) is 8.02. The van der Waals surface area contributed by atoms with Crippen molar-refractivity contribution in [1.82, 2.24) is 4.98 Å². The van der Waals surface area contributed by atoms with Crippen LogP contribution in [0.1, 0.15) is 50.8 Å². The number of thiazole rings is 1. The van der Waals surface area contributed by atoms with E-state index in [4.69, 9.17) is 9.47 Å². The molecule has 0 aliphatic carbocycles. The van der Waals surface area contributed by atoms with Crippen LogP contribution in [0.25, 0.3) is 10.6 Å². The van der Waals surface area contributed by atoms with E-state index < -0.39 is 23.3 Å². The first-order valence-corrected chi connectivity index (χ1v) is 12.7. The molecule has 0 atom stereocenters. The Bertz CT molecular complexity index is 1170. The number of aryl methyl sites for hydroxylation is 1. The number of nitrogens with zero attached hydrogens (tertiary/aromatic N) is 1. The van der Waals surface area contributed by atoms with E-state index in [2.05, 4.69) is 18.8 Å². The zero-order valence-electron chi connectivity index (χ0n) is 20.4. The zero-order valence-corrected chi connectivity index (χ0v) is 22.1. The highest BCUT2D eigenvalue weighted by Gasteiger charge is 2.32. The molecule has 9 heteroatoms. The maximum atomic E-state index is 12.9. The van der Waals surface area contributed by atoms with E-state index in [0.717, 1.165) is 27.6 Å². The van der Waals surface area contributed by atoms with Crippen LogP contribution in [0, 0.1) is 6.92 Å². The van der Waals surface area contributed by atoms with Gasteiger partial charge in [-0.3, -0.25) is 0 Å². The van der Waals surface area contributed by atoms with Crippen LogP contribution in [0.15, 0.2) is 53.4 Å². The molecule has 0 amide bonds. The summed E-state index contributed by atoms with van der Waals surface area (Å²) < 4.78 is 49.2. The predicted molar refractivity (Wildman–Crippen MR) is 134 cm³/mol. The van der Waals surface area contributed by atoms with E-state index in [1.165, 1.54) is 23.5 Å². The molecule has 0 saturated heterocycles. The summed E-state index contributed by atoms with van der Waals surface area (Å²) in [6.45, 7) is 11.4. The maximum absolute atomic E-state index is 12.9. The van der Waals surface area contributed by atoms with Crippen LogP contribution in [-0.4, -0.2) is 23.2 Å². The molecule has 4 nitrogen and oxygen atoms in total. The number of carbonyl (C=O) groups is 1. The Hall–Kier alpha value is -2.52. The van der Waals surface area contributed by atoms with Gasteiger partial charge in [-0.1, -0.05) is 12.1 Å². The lowest BCUT2D eigenvalue weighted by Crippen LogP contribution is -2.39. The van der Waals surface area contributed by atoms with Crippen LogP contribution in [0.5, 0.6) is 5.75 Å². The number of halogens is 3. The van der Waals surface area contributed by atoms with Crippen molar-refractivity contribution in [3.63, 3.8) is 0 Å². The van der Waals surface area contributed by atoms with Crippen molar-refractivity contribution in [3.05, 3.63) is 64.7 Å². The number of hydrogen-bond donors (Lipinski definition) is 0. The SMILES string of the molecule is CCOC(=O)C(C)(C)Oc1ccc(SC(C)(C)c2sc(-c3ccc(C(F)(F)F)cc3)nc2C)cc1. The number of thioether (sulfide) groups is 1. The van der Waals surface area contributed by atoms with Crippen molar-refractivity contribution in [2.45, 2.75) is 63.0 Å². The predicted octanol–water partition coefficient (Wildman–Crippen LogP) is 7.89. The molecule has 0 unspecified atom stereocenters. The number of aromatic nitrogens is 1. The molecule has 0 saturated carbocycles. The molecule has 3 aromatic rings. The summed E-state index contributed by atoms with van der Waals surface area (Å²) in [4.78, 5) is 18.7. The van der Waals surface area contributed by atoms with Crippen molar-refractivity contribution in [2.24, 2.45) is 0 Å². The smallest absolute Gasteiger partial charge is 0.416 e. The van der Waals surface area contributed by atoms with Crippen molar-refractivity contribution in [3.8, 4) is 16.3 Å². The number of rotatable bonds is 8. The molecule has 1 aromatic heterocycles. The Morgan fingerprint density at radius 2 is 1.60 bits per heavy atom. The monoisotopic (exact) mass is 523 g/mol. The summed E-state index contributed by atoms with van der Waals surface area (Å²) in [5.74, 6) is 0.132. The van der Waals surface area contributed by atoms with E-state index >= 15 is 0 Å². The van der Waals surface area contributed by atoms with Crippen LogP contribution in [-0.2, 0) is 20.5 Å². The fourth-order valence-corrected chi connectivity index (χ4v) is 5.86. The summed E-state index contributed by atoms with van der Waals surface area (Å²) in [7, 11) is 0. The molecule has 2 aromatic carbocycles. The molecule has 0 spiro atoms. The Balaban J connectivity index is 1.75. The first-order chi connectivity index (χ1) is 16.2. The average molecular weight is 524 g/mol. The summed E-state index contributed by atoms with van der Waals surface area (Å²) in [5.41, 5.74) is -0.274. The second-order valence-corrected chi connectivity index (χ2v) is 11.6. The van der Waals surface area contributed by atoms with Crippen LogP contribution >= 0.6 is 23.1 Å². The van der Waals surface area contributed by atoms with Crippen LogP contribution in [0.2, 0.25) is 0 Å². The van der Waals surface area contributed by atoms with E-state index in [0.29, 0.717) is 16.3 Å². The topological polar surface area (TPSA) is 48.4 Å². The average Bonchev–Trinajstić information content (AvgIpc) is 3.17. The second kappa shape index (κ2) is 10.2. The first-order valence-electron chi connectivity index (χ1n) is 11.0. The number of carbonyl (C=O) groups excluding carboxylic acids is 1. The molecule has 0 bridgehead atoms. The van der Waals surface area contributed by atoms with Crippen molar-refractivity contribution in [1.29, 1.82) is 0 Å². The Kier molecular flexibility index (Phi) is 7.91. The number of ether oxygens (including phenoxy) is 2. The normalized spacial score (nSPS) is 12.5. The van der Waals surface area contributed by atoms with Gasteiger partial charge in [-0.2, -0.15) is 13.2 Å². The fourth-order valence-electron chi connectivity index (χ4n) is 3.44. The van der Waals surface area contributed by atoms with E-state index in [1.807, 2.05) is 31.2 Å². The van der Waals surface area contributed by atoms with Crippen LogP contribution in [0.4, 0.5) is 13.2 Å². The van der Waals surface area contributed by atoms with Crippen LogP contribution < -0.4 is 4.74 Å². The Morgan fingerprint density at radius 3 is 2.14 bits per heavy atom. The van der Waals surface area contributed by atoms with Gasteiger partial charge in [0.2, 0.25) is 0 Å². The number of hydrogen-bond acceptors (Lipinski definition) is 6. The fraction of sp³-hybridized carbons (Fsp3) is 0.385. The van der Waals surface area contributed by atoms with Gasteiger partial charge >= 0.3 is 12.1 Å². The van der Waals surface area contributed by atoms with Crippen molar-refractivity contribution in [2.75, 3.05) is 6.61 Å². The summed E-state index contributed by atoms with van der Waals surface area (Å²) in [6.07, 6.45) is -4.36. The zero-order chi connectivity index (χ0) is 26.0. The molecule has 188 valence electrons. The third kappa shape index (κ3) is 6.58. The molecular weight excluding hydrogens is 495 g/mol. The second-order valence-electron chi connectivity index (χ2n) is 8.93. The number of esters is 1. The minimum atomic E-state index is -4.36. The molecule has 0 aliphatic heterocycles. The van der Waals surface area contributed by atoms with Gasteiger partial charge in [0.25, 0.3) is 0 Å². The van der Waals surface area contributed by atoms with Gasteiger partial charge < -0.3 is 9.47 Å². The van der Waals surface area contributed by atoms with Gasteiger partial charge in [0.1, 0.15) is 10.8 Å². The van der Waals surface area contributed by atoms with E-state index in [-0.39, 0.29) is 11.4 Å². The van der Waals surface area contributed by atoms with Gasteiger partial charge in [-0.15, -0.1) is 23.1 Å². The summed E-state index contributed by atoms with van der Waals surface area (Å²) in [6, 6.07) is 12.6. The third-order valence-electron chi connectivity index (χ3n) is 5.14. The number of benzene rings is 2. The molecule has 3 rings (SSSR count). The van der Waals surface area contributed by atoms with E-state index in [1.54, 1.807) is 32.5 Å². The molecule has 1 heterocycles. The molecule has 0 fully saturated rings. The Labute approximate surface area is 211 Å². The van der Waals surface area contributed by atoms with Crippen LogP contribution in [0.3, 0.4) is 0 Å².